The Morgan fingerprint density at radius 3 is 2.67 bits per heavy atom. The molecule has 2 aromatic carbocycles. The number of carbonyl (C=O) groups excluding carboxylic acids is 2. The molecule has 0 bridgehead atoms. The number of anilines is 2. The summed E-state index contributed by atoms with van der Waals surface area (Å²) in [5.74, 6) is -1.36. The zero-order valence-electron chi connectivity index (χ0n) is 23.1. The Morgan fingerprint density at radius 1 is 1.10 bits per heavy atom. The molecular formula is C31H31ClFN5O4. The third-order valence-electron chi connectivity index (χ3n) is 8.18. The fraction of sp³-hybridized carbons (Fsp3) is 0.355. The number of rotatable bonds is 6. The van der Waals surface area contributed by atoms with Crippen molar-refractivity contribution in [1.29, 1.82) is 0 Å². The van der Waals surface area contributed by atoms with Gasteiger partial charge in [-0.1, -0.05) is 35.0 Å². The van der Waals surface area contributed by atoms with Crippen molar-refractivity contribution in [2.75, 3.05) is 37.0 Å². The van der Waals surface area contributed by atoms with Gasteiger partial charge in [0, 0.05) is 50.6 Å². The van der Waals surface area contributed by atoms with Gasteiger partial charge in [-0.2, -0.15) is 0 Å². The van der Waals surface area contributed by atoms with Crippen molar-refractivity contribution in [1.82, 2.24) is 9.88 Å². The van der Waals surface area contributed by atoms with Crippen molar-refractivity contribution in [3.63, 3.8) is 0 Å². The second-order valence-electron chi connectivity index (χ2n) is 10.6. The molecular weight excluding hydrogens is 561 g/mol. The Bertz CT molecular complexity index is 1510. The maximum absolute atomic E-state index is 14.7. The van der Waals surface area contributed by atoms with Crippen LogP contribution in [-0.2, 0) is 25.6 Å². The van der Waals surface area contributed by atoms with Crippen molar-refractivity contribution in [2.45, 2.75) is 43.9 Å². The first-order valence-corrected chi connectivity index (χ1v) is 14.4. The van der Waals surface area contributed by atoms with E-state index in [0.29, 0.717) is 24.4 Å². The molecule has 0 aliphatic carbocycles. The van der Waals surface area contributed by atoms with Crippen molar-refractivity contribution < 1.29 is 23.6 Å². The summed E-state index contributed by atoms with van der Waals surface area (Å²) in [6.07, 6.45) is 4.90. The number of piperidine rings is 1. The Kier molecular flexibility index (Phi) is 8.08. The first-order valence-electron chi connectivity index (χ1n) is 14.0. The van der Waals surface area contributed by atoms with Crippen molar-refractivity contribution >= 4 is 40.5 Å². The molecule has 1 aromatic heterocycles. The first-order chi connectivity index (χ1) is 20.4. The number of pyridine rings is 1. The van der Waals surface area contributed by atoms with Gasteiger partial charge in [-0.25, -0.2) is 4.39 Å². The van der Waals surface area contributed by atoms with Gasteiger partial charge in [0.25, 0.3) is 11.8 Å². The van der Waals surface area contributed by atoms with Gasteiger partial charge in [0.1, 0.15) is 6.04 Å². The average Bonchev–Trinajstić information content (AvgIpc) is 3.52. The molecule has 1 fully saturated rings. The smallest absolute Gasteiger partial charge is 0.267 e. The molecule has 0 saturated carbocycles. The number of halogens is 2. The molecule has 1 N–H and O–H groups in total. The summed E-state index contributed by atoms with van der Waals surface area (Å²) < 4.78 is 20.2. The number of nitrogens with zero attached hydrogens (tertiary/aromatic N) is 4. The third kappa shape index (κ3) is 5.44. The van der Waals surface area contributed by atoms with E-state index in [9.17, 15) is 14.0 Å². The summed E-state index contributed by atoms with van der Waals surface area (Å²) in [6.45, 7) is 2.00. The summed E-state index contributed by atoms with van der Waals surface area (Å²) in [5, 5.41) is 6.91. The van der Waals surface area contributed by atoms with Gasteiger partial charge < -0.3 is 24.7 Å². The molecule has 0 spiro atoms. The number of aromatic nitrogens is 1. The topological polar surface area (TPSA) is 96.4 Å². The highest BCUT2D eigenvalue weighted by Crippen LogP contribution is 2.38. The molecule has 3 aliphatic rings. The van der Waals surface area contributed by atoms with Gasteiger partial charge in [0.15, 0.2) is 5.82 Å². The van der Waals surface area contributed by atoms with Crippen molar-refractivity contribution in [3.8, 4) is 0 Å². The average molecular weight is 592 g/mol. The summed E-state index contributed by atoms with van der Waals surface area (Å²) in [7, 11) is 1.75. The lowest BCUT2D eigenvalue weighted by Gasteiger charge is -2.40. The SMILES string of the molecule is COC1CCN(c2cccc3c2CCN(C(=O)[C@H]2CC(c4cccc(Cl)c4F)=NO2)[C@H]3C(=O)Nc2cccnc2)CC1. The van der Waals surface area contributed by atoms with Gasteiger partial charge >= 0.3 is 0 Å². The van der Waals surface area contributed by atoms with Gasteiger partial charge in [-0.05, 0) is 60.7 Å². The van der Waals surface area contributed by atoms with Crippen LogP contribution in [0.2, 0.25) is 5.02 Å². The largest absolute Gasteiger partial charge is 0.382 e. The van der Waals surface area contributed by atoms with Crippen LogP contribution in [0.4, 0.5) is 15.8 Å². The standard InChI is InChI=1S/C31H31ClFN5O4/c1-41-20-10-14-37(15-11-20)26-9-3-6-22-21(26)12-16-38(29(22)30(39)35-19-5-4-13-34-18-19)31(40)27-17-25(36-42-27)23-7-2-8-24(32)28(23)33/h2-9,13,18,20,27,29H,10-12,14-17H2,1H3,(H,35,39)/t27-,29-/m1/s1. The van der Waals surface area contributed by atoms with Gasteiger partial charge in [-0.3, -0.25) is 14.6 Å². The van der Waals surface area contributed by atoms with Crippen LogP contribution in [0.3, 0.4) is 0 Å². The number of nitrogens with one attached hydrogen (secondary N) is 1. The lowest BCUT2D eigenvalue weighted by molar-refractivity contribution is -0.148. The third-order valence-corrected chi connectivity index (χ3v) is 8.47. The number of hydrogen-bond acceptors (Lipinski definition) is 7. The van der Waals surface area contributed by atoms with Crippen molar-refractivity contribution in [3.05, 3.63) is 88.5 Å². The Labute approximate surface area is 248 Å². The van der Waals surface area contributed by atoms with E-state index in [1.165, 1.54) is 6.07 Å². The normalized spacial score (nSPS) is 20.5. The molecule has 4 heterocycles. The van der Waals surface area contributed by atoms with Gasteiger partial charge in [-0.15, -0.1) is 0 Å². The van der Waals surface area contributed by atoms with E-state index >= 15 is 0 Å². The summed E-state index contributed by atoms with van der Waals surface area (Å²) in [6, 6.07) is 13.1. The summed E-state index contributed by atoms with van der Waals surface area (Å²) >= 11 is 5.96. The Balaban J connectivity index is 1.29. The maximum Gasteiger partial charge on any atom is 0.267 e. The number of amides is 2. The van der Waals surface area contributed by atoms with Crippen LogP contribution >= 0.6 is 11.6 Å². The fourth-order valence-electron chi connectivity index (χ4n) is 6.03. The van der Waals surface area contributed by atoms with Crippen LogP contribution in [0.1, 0.15) is 42.0 Å². The lowest BCUT2D eigenvalue weighted by Crippen LogP contribution is -2.49. The first kappa shape index (κ1) is 28.1. The number of fused-ring (bicyclic) bond motifs is 1. The van der Waals surface area contributed by atoms with Crippen LogP contribution in [0.25, 0.3) is 0 Å². The Hall–Kier alpha value is -4.02. The molecule has 42 heavy (non-hydrogen) atoms. The molecule has 9 nitrogen and oxygen atoms in total. The van der Waals surface area contributed by atoms with Crippen LogP contribution in [0, 0.1) is 5.82 Å². The molecule has 0 radical (unpaired) electrons. The minimum atomic E-state index is -0.995. The Morgan fingerprint density at radius 2 is 1.90 bits per heavy atom. The molecule has 11 heteroatoms. The zero-order valence-corrected chi connectivity index (χ0v) is 23.9. The molecule has 1 saturated heterocycles. The fourth-order valence-corrected chi connectivity index (χ4v) is 6.20. The number of oxime groups is 1. The van der Waals surface area contributed by atoms with Crippen LogP contribution in [0.15, 0.2) is 66.1 Å². The highest BCUT2D eigenvalue weighted by Gasteiger charge is 2.42. The molecule has 2 atom stereocenters. The number of benzene rings is 2. The highest BCUT2D eigenvalue weighted by molar-refractivity contribution is 6.31. The minimum Gasteiger partial charge on any atom is -0.382 e. The van der Waals surface area contributed by atoms with E-state index in [2.05, 4.69) is 26.4 Å². The number of hydrogen-bond donors (Lipinski definition) is 1. The van der Waals surface area contributed by atoms with Gasteiger partial charge in [0.05, 0.1) is 28.7 Å². The van der Waals surface area contributed by atoms with Crippen LogP contribution < -0.4 is 10.2 Å². The number of carbonyl (C=O) groups is 2. The minimum absolute atomic E-state index is 0.0352. The quantitative estimate of drug-likeness (QED) is 0.445. The summed E-state index contributed by atoms with van der Waals surface area (Å²) in [5.41, 5.74) is 3.90. The van der Waals surface area contributed by atoms with Gasteiger partial charge in [0.2, 0.25) is 6.10 Å². The molecule has 6 rings (SSSR count). The van der Waals surface area contributed by atoms with Crippen LogP contribution in [-0.4, -0.2) is 66.4 Å². The van der Waals surface area contributed by atoms with E-state index in [4.69, 9.17) is 21.2 Å². The molecule has 3 aliphatic heterocycles. The predicted molar refractivity (Wildman–Crippen MR) is 157 cm³/mol. The van der Waals surface area contributed by atoms with E-state index in [1.54, 1.807) is 48.7 Å². The van der Waals surface area contributed by atoms with Crippen LogP contribution in [0.5, 0.6) is 0 Å². The molecule has 0 unspecified atom stereocenters. The second-order valence-corrected chi connectivity index (χ2v) is 11.0. The summed E-state index contributed by atoms with van der Waals surface area (Å²) in [4.78, 5) is 41.4. The lowest BCUT2D eigenvalue weighted by atomic mass is 9.89. The predicted octanol–water partition coefficient (Wildman–Crippen LogP) is 4.75. The monoisotopic (exact) mass is 591 g/mol. The van der Waals surface area contributed by atoms with Crippen molar-refractivity contribution in [2.24, 2.45) is 5.16 Å². The maximum atomic E-state index is 14.7. The molecule has 2 amide bonds. The van der Waals surface area contributed by atoms with E-state index in [1.807, 2.05) is 12.1 Å². The molecule has 3 aromatic rings. The van der Waals surface area contributed by atoms with E-state index in [0.717, 1.165) is 42.7 Å². The second kappa shape index (κ2) is 12.1. The number of ether oxygens (including phenoxy) is 1. The zero-order chi connectivity index (χ0) is 29.2. The number of methoxy groups -OCH3 is 1. The highest BCUT2D eigenvalue weighted by atomic mass is 35.5. The molecule has 218 valence electrons. The van der Waals surface area contributed by atoms with E-state index in [-0.39, 0.29) is 34.9 Å². The van der Waals surface area contributed by atoms with E-state index < -0.39 is 18.0 Å².